The Morgan fingerprint density at radius 1 is 1.41 bits per heavy atom. The Labute approximate surface area is 106 Å². The Hall–Kier alpha value is -0.870. The first-order chi connectivity index (χ1) is 7.81. The van der Waals surface area contributed by atoms with Crippen molar-refractivity contribution in [3.63, 3.8) is 0 Å². The summed E-state index contributed by atoms with van der Waals surface area (Å²) in [7, 11) is 0.663. The molecule has 1 unspecified atom stereocenters. The molecule has 1 atom stereocenters. The maximum absolute atomic E-state index is 12.0. The van der Waals surface area contributed by atoms with E-state index in [4.69, 9.17) is 10.5 Å². The van der Waals surface area contributed by atoms with Gasteiger partial charge in [0.1, 0.15) is 5.75 Å². The van der Waals surface area contributed by atoms with Crippen LogP contribution in [-0.4, -0.2) is 22.6 Å². The van der Waals surface area contributed by atoms with Gasteiger partial charge in [0, 0.05) is 27.7 Å². The van der Waals surface area contributed by atoms with Gasteiger partial charge in [0.05, 0.1) is 12.9 Å². The number of nitrogens with two attached hydrogens (primary N) is 1. The molecule has 0 aliphatic carbocycles. The van der Waals surface area contributed by atoms with Crippen LogP contribution in [-0.2, 0) is 16.6 Å². The van der Waals surface area contributed by atoms with Crippen LogP contribution >= 0.6 is 0 Å². The molecule has 0 heterocycles. The Balaban J connectivity index is 2.80. The van der Waals surface area contributed by atoms with Crippen molar-refractivity contribution in [3.8, 4) is 5.75 Å². The molecule has 0 saturated heterocycles. The van der Waals surface area contributed by atoms with E-state index < -0.39 is 16.3 Å². The van der Waals surface area contributed by atoms with E-state index in [1.807, 2.05) is 39.0 Å². The van der Waals surface area contributed by atoms with Crippen molar-refractivity contribution in [1.29, 1.82) is 0 Å². The van der Waals surface area contributed by atoms with Crippen molar-refractivity contribution >= 4 is 10.8 Å². The van der Waals surface area contributed by atoms with Crippen molar-refractivity contribution < 1.29 is 8.95 Å². The number of benzene rings is 1. The maximum atomic E-state index is 12.0. The van der Waals surface area contributed by atoms with Gasteiger partial charge in [-0.1, -0.05) is 17.7 Å². The normalized spacial score (nSPS) is 13.5. The summed E-state index contributed by atoms with van der Waals surface area (Å²) in [5.41, 5.74) is 7.59. The summed E-state index contributed by atoms with van der Waals surface area (Å²) in [4.78, 5) is 0. The highest BCUT2D eigenvalue weighted by Crippen LogP contribution is 2.21. The average molecular weight is 255 g/mol. The third-order valence-corrected chi connectivity index (χ3v) is 3.98. The summed E-state index contributed by atoms with van der Waals surface area (Å²) in [6, 6.07) is 5.91. The number of aryl methyl sites for hydroxylation is 1. The van der Waals surface area contributed by atoms with Gasteiger partial charge in [-0.25, -0.2) is 0 Å². The van der Waals surface area contributed by atoms with Crippen molar-refractivity contribution in [2.45, 2.75) is 32.1 Å². The van der Waals surface area contributed by atoms with Gasteiger partial charge in [0.2, 0.25) is 0 Å². The van der Waals surface area contributed by atoms with Crippen molar-refractivity contribution in [1.82, 2.24) is 0 Å². The minimum atomic E-state index is -0.966. The van der Waals surface area contributed by atoms with Crippen molar-refractivity contribution in [3.05, 3.63) is 29.3 Å². The zero-order valence-electron chi connectivity index (χ0n) is 10.9. The highest BCUT2D eigenvalue weighted by Gasteiger charge is 2.16. The molecule has 17 heavy (non-hydrogen) atoms. The van der Waals surface area contributed by atoms with Crippen molar-refractivity contribution in [2.75, 3.05) is 12.9 Å². The molecule has 0 radical (unpaired) electrons. The first kappa shape index (κ1) is 14.2. The Morgan fingerprint density at radius 2 is 2.06 bits per heavy atom. The second-order valence-corrected chi connectivity index (χ2v) is 6.49. The zero-order chi connectivity index (χ0) is 13.1. The second kappa shape index (κ2) is 5.65. The van der Waals surface area contributed by atoms with Gasteiger partial charge in [-0.3, -0.25) is 4.21 Å². The summed E-state index contributed by atoms with van der Waals surface area (Å²) >= 11 is 0. The van der Waals surface area contributed by atoms with Crippen molar-refractivity contribution in [2.24, 2.45) is 5.73 Å². The van der Waals surface area contributed by atoms with Gasteiger partial charge in [-0.15, -0.1) is 0 Å². The first-order valence-electron chi connectivity index (χ1n) is 5.59. The summed E-state index contributed by atoms with van der Waals surface area (Å²) in [5, 5.41) is 0. The van der Waals surface area contributed by atoms with Gasteiger partial charge in [0.25, 0.3) is 0 Å². The van der Waals surface area contributed by atoms with E-state index >= 15 is 0 Å². The lowest BCUT2D eigenvalue weighted by molar-refractivity contribution is 0.411. The van der Waals surface area contributed by atoms with Gasteiger partial charge < -0.3 is 10.5 Å². The molecule has 2 N–H and O–H groups in total. The minimum absolute atomic E-state index is 0.401. The topological polar surface area (TPSA) is 52.3 Å². The lowest BCUT2D eigenvalue weighted by Gasteiger charge is -2.18. The smallest absolute Gasteiger partial charge is 0.123 e. The molecule has 0 amide bonds. The molecule has 1 aromatic rings. The van der Waals surface area contributed by atoms with Crippen LogP contribution in [0.5, 0.6) is 5.75 Å². The molecule has 0 aliphatic rings. The molecular formula is C13H21NO2S. The average Bonchev–Trinajstić information content (AvgIpc) is 2.14. The van der Waals surface area contributed by atoms with E-state index in [1.165, 1.54) is 0 Å². The predicted molar refractivity (Wildman–Crippen MR) is 72.7 cm³/mol. The van der Waals surface area contributed by atoms with Crippen LogP contribution in [0.4, 0.5) is 0 Å². The van der Waals surface area contributed by atoms with Gasteiger partial charge >= 0.3 is 0 Å². The van der Waals surface area contributed by atoms with Crippen LogP contribution in [0.2, 0.25) is 0 Å². The molecule has 3 nitrogen and oxygen atoms in total. The molecule has 0 spiro atoms. The number of methoxy groups -OCH3 is 1. The molecule has 4 heteroatoms. The number of hydrogen-bond donors (Lipinski definition) is 1. The Morgan fingerprint density at radius 3 is 2.59 bits per heavy atom. The lowest BCUT2D eigenvalue weighted by Crippen LogP contribution is -2.38. The number of hydrogen-bond acceptors (Lipinski definition) is 3. The predicted octanol–water partition coefficient (Wildman–Crippen LogP) is 1.99. The fraction of sp³-hybridized carbons (Fsp3) is 0.538. The molecule has 0 bridgehead atoms. The summed E-state index contributed by atoms with van der Waals surface area (Å²) in [6.07, 6.45) is 0. The largest absolute Gasteiger partial charge is 0.496 e. The van der Waals surface area contributed by atoms with Crippen LogP contribution in [0.25, 0.3) is 0 Å². The first-order valence-corrected chi connectivity index (χ1v) is 7.08. The molecule has 96 valence electrons. The van der Waals surface area contributed by atoms with Crippen LogP contribution in [0.1, 0.15) is 25.0 Å². The van der Waals surface area contributed by atoms with Gasteiger partial charge in [0.15, 0.2) is 0 Å². The van der Waals surface area contributed by atoms with Crippen LogP contribution in [0, 0.1) is 6.92 Å². The second-order valence-electron chi connectivity index (χ2n) is 5.03. The van der Waals surface area contributed by atoms with Gasteiger partial charge in [-0.05, 0) is 26.8 Å². The molecule has 1 rings (SSSR count). The summed E-state index contributed by atoms with van der Waals surface area (Å²) in [5.74, 6) is 1.77. The monoisotopic (exact) mass is 255 g/mol. The third kappa shape index (κ3) is 4.88. The fourth-order valence-electron chi connectivity index (χ4n) is 1.66. The third-order valence-electron chi connectivity index (χ3n) is 2.29. The highest BCUT2D eigenvalue weighted by molar-refractivity contribution is 7.84. The van der Waals surface area contributed by atoms with E-state index in [-0.39, 0.29) is 0 Å². The number of rotatable bonds is 5. The molecule has 0 saturated carbocycles. The van der Waals surface area contributed by atoms with E-state index in [0.717, 1.165) is 16.9 Å². The van der Waals surface area contributed by atoms with E-state index in [2.05, 4.69) is 0 Å². The summed E-state index contributed by atoms with van der Waals surface area (Å²) in [6.45, 7) is 5.79. The van der Waals surface area contributed by atoms with Crippen LogP contribution in [0.15, 0.2) is 18.2 Å². The summed E-state index contributed by atoms with van der Waals surface area (Å²) < 4.78 is 17.2. The minimum Gasteiger partial charge on any atom is -0.496 e. The highest BCUT2D eigenvalue weighted by atomic mass is 32.2. The standard InChI is InChI=1S/C13H21NO2S/c1-10-5-6-12(16-4)11(7-10)8-17(15)9-13(2,3)14/h5-7H,8-9,14H2,1-4H3. The Bertz CT molecular complexity index is 410. The fourth-order valence-corrected chi connectivity index (χ4v) is 3.16. The van der Waals surface area contributed by atoms with E-state index in [1.54, 1.807) is 7.11 Å². The quantitative estimate of drug-likeness (QED) is 0.875. The van der Waals surface area contributed by atoms with E-state index in [9.17, 15) is 4.21 Å². The van der Waals surface area contributed by atoms with Crippen LogP contribution < -0.4 is 10.5 Å². The SMILES string of the molecule is COc1ccc(C)cc1CS(=O)CC(C)(C)N. The Kier molecular flexibility index (Phi) is 4.71. The van der Waals surface area contributed by atoms with Gasteiger partial charge in [-0.2, -0.15) is 0 Å². The lowest BCUT2D eigenvalue weighted by atomic mass is 10.1. The molecule has 1 aromatic carbocycles. The number of ether oxygens (including phenoxy) is 1. The molecular weight excluding hydrogens is 234 g/mol. The molecule has 0 aromatic heterocycles. The molecule has 0 fully saturated rings. The van der Waals surface area contributed by atoms with E-state index in [0.29, 0.717) is 11.5 Å². The molecule has 0 aliphatic heterocycles. The zero-order valence-corrected chi connectivity index (χ0v) is 11.8. The van der Waals surface area contributed by atoms with Crippen LogP contribution in [0.3, 0.4) is 0 Å². The maximum Gasteiger partial charge on any atom is 0.123 e.